The lowest BCUT2D eigenvalue weighted by molar-refractivity contribution is 0.0725. The molecule has 0 unspecified atom stereocenters. The zero-order valence-corrected chi connectivity index (χ0v) is 16.6. The molecule has 4 aromatic rings. The van der Waals surface area contributed by atoms with Crippen LogP contribution in [0.5, 0.6) is 0 Å². The summed E-state index contributed by atoms with van der Waals surface area (Å²) in [5, 5.41) is 10.8. The summed E-state index contributed by atoms with van der Waals surface area (Å²) >= 11 is 1.33. The molecular weight excluding hydrogens is 410 g/mol. The summed E-state index contributed by atoms with van der Waals surface area (Å²) in [6.45, 7) is 2.59. The zero-order chi connectivity index (χ0) is 20.7. The third-order valence-electron chi connectivity index (χ3n) is 4.59. The van der Waals surface area contributed by atoms with Crippen molar-refractivity contribution in [2.45, 2.75) is 19.9 Å². The Morgan fingerprint density at radius 2 is 2.03 bits per heavy atom. The van der Waals surface area contributed by atoms with Gasteiger partial charge in [0.05, 0.1) is 18.5 Å². The Balaban J connectivity index is 1.28. The van der Waals surface area contributed by atoms with E-state index < -0.39 is 0 Å². The molecule has 2 amide bonds. The van der Waals surface area contributed by atoms with E-state index in [2.05, 4.69) is 20.6 Å². The number of rotatable bonds is 4. The first kappa shape index (κ1) is 18.3. The molecule has 0 saturated heterocycles. The van der Waals surface area contributed by atoms with Crippen molar-refractivity contribution < 1.29 is 23.1 Å². The van der Waals surface area contributed by atoms with Gasteiger partial charge in [0.15, 0.2) is 22.3 Å². The fourth-order valence-electron chi connectivity index (χ4n) is 3.13. The molecule has 10 nitrogen and oxygen atoms in total. The third-order valence-corrected chi connectivity index (χ3v) is 5.59. The van der Waals surface area contributed by atoms with Crippen molar-refractivity contribution in [3.8, 4) is 11.5 Å². The highest BCUT2D eigenvalue weighted by Crippen LogP contribution is 2.30. The van der Waals surface area contributed by atoms with Crippen molar-refractivity contribution in [2.24, 2.45) is 0 Å². The van der Waals surface area contributed by atoms with Crippen LogP contribution in [0, 0.1) is 6.92 Å². The van der Waals surface area contributed by atoms with Crippen molar-refractivity contribution in [1.82, 2.24) is 20.2 Å². The van der Waals surface area contributed by atoms with E-state index in [1.807, 2.05) is 0 Å². The molecule has 11 heteroatoms. The smallest absolute Gasteiger partial charge is 0.279 e. The number of aryl methyl sites for hydroxylation is 1. The predicted octanol–water partition coefficient (Wildman–Crippen LogP) is 3.14. The third kappa shape index (κ3) is 3.39. The van der Waals surface area contributed by atoms with Crippen molar-refractivity contribution in [3.05, 3.63) is 58.2 Å². The molecule has 1 N–H and O–H groups in total. The Bertz CT molecular complexity index is 1220. The minimum atomic E-state index is -0.390. The summed E-state index contributed by atoms with van der Waals surface area (Å²) in [7, 11) is 0. The Kier molecular flexibility index (Phi) is 4.43. The first-order valence-corrected chi connectivity index (χ1v) is 9.91. The van der Waals surface area contributed by atoms with E-state index in [0.717, 1.165) is 10.6 Å². The van der Waals surface area contributed by atoms with E-state index in [1.54, 1.807) is 36.1 Å². The van der Waals surface area contributed by atoms with E-state index in [-0.39, 0.29) is 23.2 Å². The Morgan fingerprint density at radius 3 is 2.80 bits per heavy atom. The second-order valence-electron chi connectivity index (χ2n) is 6.70. The summed E-state index contributed by atoms with van der Waals surface area (Å²) in [4.78, 5) is 32.1. The van der Waals surface area contributed by atoms with Crippen LogP contribution in [0.3, 0.4) is 0 Å². The molecule has 0 aromatic carbocycles. The van der Waals surface area contributed by atoms with Gasteiger partial charge in [0.1, 0.15) is 5.76 Å². The highest BCUT2D eigenvalue weighted by molar-refractivity contribution is 7.15. The maximum atomic E-state index is 12.8. The number of anilines is 1. The van der Waals surface area contributed by atoms with E-state index >= 15 is 0 Å². The molecule has 152 valence electrons. The van der Waals surface area contributed by atoms with Gasteiger partial charge in [-0.25, -0.2) is 4.98 Å². The van der Waals surface area contributed by atoms with Crippen LogP contribution in [0.1, 0.15) is 37.3 Å². The van der Waals surface area contributed by atoms with Crippen LogP contribution in [-0.2, 0) is 13.0 Å². The molecular formula is C19H15N5O5S. The number of carbonyl (C=O) groups is 2. The number of aromatic nitrogens is 3. The number of nitrogens with zero attached hydrogens (tertiary/aromatic N) is 4. The van der Waals surface area contributed by atoms with Crippen LogP contribution in [0.2, 0.25) is 0 Å². The van der Waals surface area contributed by atoms with Gasteiger partial charge < -0.3 is 18.4 Å². The SMILES string of the molecule is Cc1cc(C(=O)Nc2nc3c(s2)CN(C(=O)c2cc(-c4ccco4)on2)CC3)no1. The summed E-state index contributed by atoms with van der Waals surface area (Å²) in [5.74, 6) is 0.827. The van der Waals surface area contributed by atoms with Crippen LogP contribution in [0.15, 0.2) is 44.0 Å². The number of amides is 2. The normalized spacial score (nSPS) is 13.3. The highest BCUT2D eigenvalue weighted by atomic mass is 32.1. The first-order chi connectivity index (χ1) is 14.6. The number of hydrogen-bond donors (Lipinski definition) is 1. The Labute approximate surface area is 173 Å². The molecule has 30 heavy (non-hydrogen) atoms. The van der Waals surface area contributed by atoms with Crippen LogP contribution >= 0.6 is 11.3 Å². The van der Waals surface area contributed by atoms with E-state index in [9.17, 15) is 9.59 Å². The fourth-order valence-corrected chi connectivity index (χ4v) is 4.15. The maximum absolute atomic E-state index is 12.8. The van der Waals surface area contributed by atoms with Gasteiger partial charge in [0, 0.05) is 30.0 Å². The van der Waals surface area contributed by atoms with Crippen LogP contribution in [0.4, 0.5) is 5.13 Å². The summed E-state index contributed by atoms with van der Waals surface area (Å²) in [6.07, 6.45) is 2.11. The van der Waals surface area contributed by atoms with Crippen molar-refractivity contribution in [1.29, 1.82) is 0 Å². The van der Waals surface area contributed by atoms with Gasteiger partial charge in [0.25, 0.3) is 11.8 Å². The lowest BCUT2D eigenvalue weighted by Crippen LogP contribution is -2.35. The minimum absolute atomic E-state index is 0.191. The standard InChI is InChI=1S/C19H15N5O5S/c1-10-7-12(22-28-10)17(25)21-19-20-11-4-5-24(9-16(11)30-19)18(26)13-8-15(29-23-13)14-3-2-6-27-14/h2-3,6-8H,4-5,9H2,1H3,(H,20,21,25). The average molecular weight is 425 g/mol. The van der Waals surface area contributed by atoms with Gasteiger partial charge in [-0.1, -0.05) is 21.7 Å². The summed E-state index contributed by atoms with van der Waals surface area (Å²) in [5.41, 5.74) is 1.27. The summed E-state index contributed by atoms with van der Waals surface area (Å²) in [6, 6.07) is 6.58. The van der Waals surface area contributed by atoms with E-state index in [1.165, 1.54) is 17.6 Å². The molecule has 5 heterocycles. The number of nitrogens with one attached hydrogen (secondary N) is 1. The molecule has 5 rings (SSSR count). The van der Waals surface area contributed by atoms with Gasteiger partial charge in [-0.3, -0.25) is 14.9 Å². The molecule has 0 aliphatic carbocycles. The number of fused-ring (bicyclic) bond motifs is 1. The molecule has 4 aromatic heterocycles. The van der Waals surface area contributed by atoms with Crippen LogP contribution in [-0.4, -0.2) is 38.6 Å². The molecule has 0 bridgehead atoms. The second-order valence-corrected chi connectivity index (χ2v) is 7.78. The van der Waals surface area contributed by atoms with Crippen LogP contribution in [0.25, 0.3) is 11.5 Å². The molecule has 0 atom stereocenters. The van der Waals surface area contributed by atoms with Crippen molar-refractivity contribution >= 4 is 28.3 Å². The topological polar surface area (TPSA) is 128 Å². The minimum Gasteiger partial charge on any atom is -0.461 e. The van der Waals surface area contributed by atoms with E-state index in [0.29, 0.717) is 41.9 Å². The maximum Gasteiger partial charge on any atom is 0.279 e. The monoisotopic (exact) mass is 425 g/mol. The van der Waals surface area contributed by atoms with Gasteiger partial charge >= 0.3 is 0 Å². The van der Waals surface area contributed by atoms with Crippen molar-refractivity contribution in [3.63, 3.8) is 0 Å². The lowest BCUT2D eigenvalue weighted by Gasteiger charge is -2.25. The summed E-state index contributed by atoms with van der Waals surface area (Å²) < 4.78 is 15.4. The number of furan rings is 1. The number of hydrogen-bond acceptors (Lipinski definition) is 9. The Hall–Kier alpha value is -3.73. The molecule has 0 fully saturated rings. The van der Waals surface area contributed by atoms with E-state index in [4.69, 9.17) is 13.5 Å². The molecule has 1 aliphatic heterocycles. The second kappa shape index (κ2) is 7.26. The lowest BCUT2D eigenvalue weighted by atomic mass is 10.1. The number of carbonyl (C=O) groups excluding carboxylic acids is 2. The average Bonchev–Trinajstić information content (AvgIpc) is 3.52. The molecule has 1 aliphatic rings. The van der Waals surface area contributed by atoms with Gasteiger partial charge in [-0.2, -0.15) is 0 Å². The first-order valence-electron chi connectivity index (χ1n) is 9.10. The Morgan fingerprint density at radius 1 is 1.17 bits per heavy atom. The van der Waals surface area contributed by atoms with Crippen molar-refractivity contribution in [2.75, 3.05) is 11.9 Å². The van der Waals surface area contributed by atoms with Gasteiger partial charge in [-0.15, -0.1) is 0 Å². The predicted molar refractivity (Wildman–Crippen MR) is 104 cm³/mol. The van der Waals surface area contributed by atoms with Gasteiger partial charge in [-0.05, 0) is 19.1 Å². The molecule has 0 saturated carbocycles. The fraction of sp³-hybridized carbons (Fsp3) is 0.211. The zero-order valence-electron chi connectivity index (χ0n) is 15.7. The van der Waals surface area contributed by atoms with Gasteiger partial charge in [0.2, 0.25) is 5.76 Å². The molecule has 0 radical (unpaired) electrons. The molecule has 0 spiro atoms. The quantitative estimate of drug-likeness (QED) is 0.528. The highest BCUT2D eigenvalue weighted by Gasteiger charge is 2.28. The van der Waals surface area contributed by atoms with Crippen LogP contribution < -0.4 is 5.32 Å². The largest absolute Gasteiger partial charge is 0.461 e. The number of thiazole rings is 1.